The molecule has 1 aromatic rings. The van der Waals surface area contributed by atoms with Crippen LogP contribution in [0.25, 0.3) is 0 Å². The number of thiol groups is 1. The molecule has 0 radical (unpaired) electrons. The van der Waals surface area contributed by atoms with Crippen LogP contribution >= 0.6 is 25.0 Å². The smallest absolute Gasteiger partial charge is 0.0127 e. The molecule has 0 amide bonds. The Bertz CT molecular complexity index is 266. The summed E-state index contributed by atoms with van der Waals surface area (Å²) in [5.74, 6) is 0.810. The molecule has 0 fully saturated rings. The molecule has 98 valence electrons. The average Bonchev–Trinajstić information content (AvgIpc) is 2.34. The van der Waals surface area contributed by atoms with Gasteiger partial charge in [0.15, 0.2) is 0 Å². The van der Waals surface area contributed by atoms with Crippen LogP contribution < -0.4 is 5.73 Å². The predicted molar refractivity (Wildman–Crippen MR) is 82.3 cm³/mol. The van der Waals surface area contributed by atoms with Crippen LogP contribution in [0.15, 0.2) is 30.3 Å². The quantitative estimate of drug-likeness (QED) is 0.546. The molecule has 1 atom stereocenters. The van der Waals surface area contributed by atoms with Crippen molar-refractivity contribution in [2.24, 2.45) is 5.73 Å². The molecule has 0 aliphatic carbocycles. The van der Waals surface area contributed by atoms with E-state index in [1.165, 1.54) is 37.7 Å². The van der Waals surface area contributed by atoms with Gasteiger partial charge in [0.25, 0.3) is 0 Å². The fraction of sp³-hybridized carbons (Fsp3) is 0.571. The number of benzene rings is 1. The van der Waals surface area contributed by atoms with Gasteiger partial charge in [-0.2, -0.15) is 12.6 Å². The van der Waals surface area contributed by atoms with Gasteiger partial charge < -0.3 is 5.73 Å². The van der Waals surface area contributed by atoms with E-state index in [9.17, 15) is 0 Å². The van der Waals surface area contributed by atoms with Crippen molar-refractivity contribution in [2.75, 3.05) is 5.75 Å². The maximum absolute atomic E-state index is 5.80. The number of hydrogen-bond acceptors (Lipinski definition) is 2. The van der Waals surface area contributed by atoms with Crippen molar-refractivity contribution in [1.29, 1.82) is 0 Å². The molecule has 0 aliphatic rings. The fourth-order valence-electron chi connectivity index (χ4n) is 1.83. The Morgan fingerprint density at radius 1 is 1.00 bits per heavy atom. The summed E-state index contributed by atoms with van der Waals surface area (Å²) in [6.45, 7) is 0. The highest BCUT2D eigenvalue weighted by molar-refractivity contribution is 7.80. The molecule has 0 aliphatic heterocycles. The van der Waals surface area contributed by atoms with Crippen LogP contribution in [0.2, 0.25) is 0 Å². The van der Waals surface area contributed by atoms with Gasteiger partial charge in [-0.15, -0.1) is 12.4 Å². The summed E-state index contributed by atoms with van der Waals surface area (Å²) in [7, 11) is 0. The van der Waals surface area contributed by atoms with Crippen LogP contribution in [0, 0.1) is 0 Å². The van der Waals surface area contributed by atoms with Crippen molar-refractivity contribution in [3.05, 3.63) is 35.9 Å². The lowest BCUT2D eigenvalue weighted by molar-refractivity contribution is 0.570. The summed E-state index contributed by atoms with van der Waals surface area (Å²) in [5, 5.41) is 0. The molecule has 0 unspecified atom stereocenters. The average molecular weight is 274 g/mol. The molecular formula is C14H24ClNS. The van der Waals surface area contributed by atoms with Crippen LogP contribution in [-0.4, -0.2) is 11.8 Å². The van der Waals surface area contributed by atoms with E-state index in [0.717, 1.165) is 12.2 Å². The maximum atomic E-state index is 5.80. The first-order valence-corrected chi connectivity index (χ1v) is 6.86. The van der Waals surface area contributed by atoms with Crippen molar-refractivity contribution >= 4 is 25.0 Å². The Morgan fingerprint density at radius 3 is 2.29 bits per heavy atom. The second-order valence-corrected chi connectivity index (χ2v) is 4.75. The highest BCUT2D eigenvalue weighted by Gasteiger charge is 1.98. The molecule has 1 rings (SSSR count). The second-order valence-electron chi connectivity index (χ2n) is 4.38. The van der Waals surface area contributed by atoms with E-state index >= 15 is 0 Å². The first kappa shape index (κ1) is 16.8. The highest BCUT2D eigenvalue weighted by Crippen LogP contribution is 2.09. The summed E-state index contributed by atoms with van der Waals surface area (Å²) in [6, 6.07) is 11.0. The van der Waals surface area contributed by atoms with Crippen LogP contribution in [-0.2, 0) is 6.42 Å². The molecule has 3 heteroatoms. The molecule has 0 bridgehead atoms. The third-order valence-electron chi connectivity index (χ3n) is 2.87. The van der Waals surface area contributed by atoms with Crippen molar-refractivity contribution in [3.8, 4) is 0 Å². The Labute approximate surface area is 117 Å². The number of aryl methyl sites for hydroxylation is 1. The van der Waals surface area contributed by atoms with Crippen molar-refractivity contribution in [2.45, 2.75) is 44.6 Å². The predicted octanol–water partition coefficient (Wildman–Crippen LogP) is 3.86. The van der Waals surface area contributed by atoms with Crippen LogP contribution in [0.1, 0.15) is 37.7 Å². The van der Waals surface area contributed by atoms with Gasteiger partial charge in [-0.25, -0.2) is 0 Å². The summed E-state index contributed by atoms with van der Waals surface area (Å²) in [4.78, 5) is 0. The Kier molecular flexibility index (Phi) is 10.8. The van der Waals surface area contributed by atoms with Gasteiger partial charge >= 0.3 is 0 Å². The zero-order chi connectivity index (χ0) is 11.6. The van der Waals surface area contributed by atoms with E-state index in [2.05, 4.69) is 43.0 Å². The van der Waals surface area contributed by atoms with Gasteiger partial charge in [0.1, 0.15) is 0 Å². The van der Waals surface area contributed by atoms with Crippen LogP contribution in [0.5, 0.6) is 0 Å². The van der Waals surface area contributed by atoms with E-state index in [0.29, 0.717) is 0 Å². The first-order chi connectivity index (χ1) is 7.83. The summed E-state index contributed by atoms with van der Waals surface area (Å²) in [6.07, 6.45) is 7.48. The lowest BCUT2D eigenvalue weighted by Gasteiger charge is -2.07. The second kappa shape index (κ2) is 10.9. The van der Waals surface area contributed by atoms with E-state index in [1.807, 2.05) is 0 Å². The monoisotopic (exact) mass is 273 g/mol. The van der Waals surface area contributed by atoms with Gasteiger partial charge in [-0.05, 0) is 24.8 Å². The minimum Gasteiger partial charge on any atom is -0.327 e. The third kappa shape index (κ3) is 8.53. The topological polar surface area (TPSA) is 26.0 Å². The standard InChI is InChI=1S/C14H23NS.ClH/c15-14(12-16)11-7-2-1-4-8-13-9-5-3-6-10-13;/h3,5-6,9-10,14,16H,1-2,4,7-8,11-12,15H2;1H/t14-;/m1./s1. The molecule has 0 heterocycles. The number of unbranched alkanes of at least 4 members (excludes halogenated alkanes) is 3. The van der Waals surface area contributed by atoms with E-state index in [4.69, 9.17) is 5.73 Å². The van der Waals surface area contributed by atoms with Gasteiger partial charge in [0.05, 0.1) is 0 Å². The lowest BCUT2D eigenvalue weighted by atomic mass is 10.0. The van der Waals surface area contributed by atoms with Crippen LogP contribution in [0.4, 0.5) is 0 Å². The summed E-state index contributed by atoms with van der Waals surface area (Å²) < 4.78 is 0. The highest BCUT2D eigenvalue weighted by atomic mass is 35.5. The van der Waals surface area contributed by atoms with E-state index in [-0.39, 0.29) is 18.4 Å². The molecule has 17 heavy (non-hydrogen) atoms. The lowest BCUT2D eigenvalue weighted by Crippen LogP contribution is -2.21. The largest absolute Gasteiger partial charge is 0.327 e. The number of halogens is 1. The SMILES string of the molecule is Cl.N[C@@H](CS)CCCCCCc1ccccc1. The Morgan fingerprint density at radius 2 is 1.65 bits per heavy atom. The molecule has 0 saturated carbocycles. The molecule has 2 N–H and O–H groups in total. The zero-order valence-electron chi connectivity index (χ0n) is 10.3. The van der Waals surface area contributed by atoms with Crippen LogP contribution in [0.3, 0.4) is 0 Å². The Balaban J connectivity index is 0.00000256. The normalized spacial score (nSPS) is 11.9. The number of nitrogens with two attached hydrogens (primary N) is 1. The zero-order valence-corrected chi connectivity index (χ0v) is 12.1. The first-order valence-electron chi connectivity index (χ1n) is 6.23. The minimum atomic E-state index is 0. The minimum absolute atomic E-state index is 0. The molecule has 0 spiro atoms. The van der Waals surface area contributed by atoms with Gasteiger partial charge in [-0.3, -0.25) is 0 Å². The maximum Gasteiger partial charge on any atom is 0.0127 e. The van der Waals surface area contributed by atoms with Crippen molar-refractivity contribution in [3.63, 3.8) is 0 Å². The third-order valence-corrected chi connectivity index (χ3v) is 3.34. The van der Waals surface area contributed by atoms with Crippen molar-refractivity contribution in [1.82, 2.24) is 0 Å². The summed E-state index contributed by atoms with van der Waals surface area (Å²) >= 11 is 4.18. The fourth-order valence-corrected chi connectivity index (χ4v) is 2.01. The molecule has 1 aromatic carbocycles. The van der Waals surface area contributed by atoms with Gasteiger partial charge in [0.2, 0.25) is 0 Å². The Hall–Kier alpha value is -0.180. The summed E-state index contributed by atoms with van der Waals surface area (Å²) in [5.41, 5.74) is 7.26. The van der Waals surface area contributed by atoms with Crippen molar-refractivity contribution < 1.29 is 0 Å². The van der Waals surface area contributed by atoms with E-state index < -0.39 is 0 Å². The molecule has 1 nitrogen and oxygen atoms in total. The number of rotatable bonds is 8. The van der Waals surface area contributed by atoms with Gasteiger partial charge in [0, 0.05) is 11.8 Å². The molecule has 0 saturated heterocycles. The van der Waals surface area contributed by atoms with E-state index in [1.54, 1.807) is 0 Å². The number of hydrogen-bond donors (Lipinski definition) is 2. The van der Waals surface area contributed by atoms with Gasteiger partial charge in [-0.1, -0.05) is 49.6 Å². The molecular weight excluding hydrogens is 250 g/mol. The molecule has 0 aromatic heterocycles.